The van der Waals surface area contributed by atoms with Crippen LogP contribution in [0.15, 0.2) is 0 Å². The number of hydrogen-bond acceptors (Lipinski definition) is 3. The van der Waals surface area contributed by atoms with Gasteiger partial charge >= 0.3 is 5.97 Å². The summed E-state index contributed by atoms with van der Waals surface area (Å²) in [6.45, 7) is 9.34. The summed E-state index contributed by atoms with van der Waals surface area (Å²) in [7, 11) is 0. The molecule has 0 unspecified atom stereocenters. The van der Waals surface area contributed by atoms with Gasteiger partial charge in [-0.25, -0.2) is 0 Å². The highest BCUT2D eigenvalue weighted by Crippen LogP contribution is 2.13. The second kappa shape index (κ2) is 4.61. The topological polar surface area (TPSA) is 52.3 Å². The molecule has 0 aliphatic rings. The van der Waals surface area contributed by atoms with Crippen LogP contribution in [0.1, 0.15) is 41.0 Å². The van der Waals surface area contributed by atoms with Crippen LogP contribution in [0.4, 0.5) is 0 Å². The molecule has 78 valence electrons. The van der Waals surface area contributed by atoms with Gasteiger partial charge in [-0.1, -0.05) is 13.8 Å². The van der Waals surface area contributed by atoms with E-state index in [0.717, 1.165) is 6.42 Å². The molecule has 0 aliphatic heterocycles. The zero-order chi connectivity index (χ0) is 10.6. The molecular formula is C10H21NO2. The molecule has 0 aliphatic carbocycles. The molecule has 2 atom stereocenters. The van der Waals surface area contributed by atoms with Gasteiger partial charge in [0.15, 0.2) is 0 Å². The maximum Gasteiger partial charge on any atom is 0.310 e. The molecule has 0 fully saturated rings. The number of nitrogens with two attached hydrogens (primary N) is 1. The van der Waals surface area contributed by atoms with Crippen molar-refractivity contribution in [3.8, 4) is 0 Å². The first-order chi connectivity index (χ1) is 5.78. The zero-order valence-corrected chi connectivity index (χ0v) is 9.26. The van der Waals surface area contributed by atoms with Crippen LogP contribution in [0.3, 0.4) is 0 Å². The third-order valence-electron chi connectivity index (χ3n) is 1.89. The molecule has 0 saturated heterocycles. The van der Waals surface area contributed by atoms with E-state index in [1.165, 1.54) is 0 Å². The van der Waals surface area contributed by atoms with Crippen LogP contribution < -0.4 is 5.73 Å². The molecule has 13 heavy (non-hydrogen) atoms. The molecule has 0 heterocycles. The van der Waals surface area contributed by atoms with Gasteiger partial charge in [0.2, 0.25) is 0 Å². The summed E-state index contributed by atoms with van der Waals surface area (Å²) in [5, 5.41) is 0. The highest BCUT2D eigenvalue weighted by Gasteiger charge is 2.25. The molecule has 0 aromatic rings. The van der Waals surface area contributed by atoms with Gasteiger partial charge in [-0.05, 0) is 27.2 Å². The highest BCUT2D eigenvalue weighted by atomic mass is 16.6. The summed E-state index contributed by atoms with van der Waals surface area (Å²) in [4.78, 5) is 11.5. The monoisotopic (exact) mass is 187 g/mol. The van der Waals surface area contributed by atoms with Crippen LogP contribution in [0, 0.1) is 5.92 Å². The van der Waals surface area contributed by atoms with Crippen molar-refractivity contribution in [3.63, 3.8) is 0 Å². The van der Waals surface area contributed by atoms with Crippen LogP contribution in [-0.4, -0.2) is 17.6 Å². The lowest BCUT2D eigenvalue weighted by atomic mass is 10.0. The first-order valence-corrected chi connectivity index (χ1v) is 4.76. The third kappa shape index (κ3) is 4.88. The zero-order valence-electron chi connectivity index (χ0n) is 9.26. The van der Waals surface area contributed by atoms with Crippen LogP contribution in [0.2, 0.25) is 0 Å². The molecule has 0 amide bonds. The average molecular weight is 187 g/mol. The van der Waals surface area contributed by atoms with Crippen LogP contribution in [-0.2, 0) is 9.53 Å². The van der Waals surface area contributed by atoms with Gasteiger partial charge in [0.25, 0.3) is 0 Å². The van der Waals surface area contributed by atoms with E-state index in [1.54, 1.807) is 0 Å². The van der Waals surface area contributed by atoms with Gasteiger partial charge in [0.1, 0.15) is 5.60 Å². The Morgan fingerprint density at radius 1 is 1.46 bits per heavy atom. The van der Waals surface area contributed by atoms with Gasteiger partial charge in [0.05, 0.1) is 5.92 Å². The van der Waals surface area contributed by atoms with E-state index in [0.29, 0.717) is 0 Å². The quantitative estimate of drug-likeness (QED) is 0.684. The Kier molecular flexibility index (Phi) is 4.40. The molecule has 0 aromatic heterocycles. The van der Waals surface area contributed by atoms with Crippen LogP contribution in [0.5, 0.6) is 0 Å². The van der Waals surface area contributed by atoms with E-state index in [4.69, 9.17) is 10.5 Å². The van der Waals surface area contributed by atoms with E-state index in [2.05, 4.69) is 0 Å². The second-order valence-corrected chi connectivity index (χ2v) is 4.39. The molecular weight excluding hydrogens is 166 g/mol. The van der Waals surface area contributed by atoms with E-state index >= 15 is 0 Å². The first-order valence-electron chi connectivity index (χ1n) is 4.76. The van der Waals surface area contributed by atoms with Gasteiger partial charge < -0.3 is 10.5 Å². The predicted octanol–water partition coefficient (Wildman–Crippen LogP) is 1.70. The number of carbonyl (C=O) groups is 1. The summed E-state index contributed by atoms with van der Waals surface area (Å²) >= 11 is 0. The molecule has 3 nitrogen and oxygen atoms in total. The maximum absolute atomic E-state index is 11.5. The van der Waals surface area contributed by atoms with Crippen LogP contribution in [0.25, 0.3) is 0 Å². The Hall–Kier alpha value is -0.570. The maximum atomic E-state index is 11.5. The van der Waals surface area contributed by atoms with E-state index in [9.17, 15) is 4.79 Å². The van der Waals surface area contributed by atoms with Crippen molar-refractivity contribution < 1.29 is 9.53 Å². The Morgan fingerprint density at radius 3 is 2.23 bits per heavy atom. The third-order valence-corrected chi connectivity index (χ3v) is 1.89. The Bertz CT molecular complexity index is 172. The van der Waals surface area contributed by atoms with Crippen molar-refractivity contribution in [2.45, 2.75) is 52.7 Å². The minimum Gasteiger partial charge on any atom is -0.460 e. The minimum atomic E-state index is -0.418. The SMILES string of the molecule is CC[C@@H](N)[C@H](C)C(=O)OC(C)(C)C. The largest absolute Gasteiger partial charge is 0.460 e. The fourth-order valence-corrected chi connectivity index (χ4v) is 0.923. The second-order valence-electron chi connectivity index (χ2n) is 4.39. The number of ether oxygens (including phenoxy) is 1. The van der Waals surface area contributed by atoms with Crippen molar-refractivity contribution in [2.75, 3.05) is 0 Å². The van der Waals surface area contributed by atoms with Crippen molar-refractivity contribution in [1.29, 1.82) is 0 Å². The summed E-state index contributed by atoms with van der Waals surface area (Å²) in [5.74, 6) is -0.425. The smallest absolute Gasteiger partial charge is 0.310 e. The number of esters is 1. The fraction of sp³-hybridized carbons (Fsp3) is 0.900. The lowest BCUT2D eigenvalue weighted by molar-refractivity contribution is -0.160. The van der Waals surface area contributed by atoms with E-state index in [-0.39, 0.29) is 17.9 Å². The number of hydrogen-bond donors (Lipinski definition) is 1. The van der Waals surface area contributed by atoms with Gasteiger partial charge in [-0.15, -0.1) is 0 Å². The molecule has 0 bridgehead atoms. The number of rotatable bonds is 3. The molecule has 0 saturated carbocycles. The van der Waals surface area contributed by atoms with Crippen molar-refractivity contribution in [2.24, 2.45) is 11.7 Å². The van der Waals surface area contributed by atoms with Gasteiger partial charge in [-0.2, -0.15) is 0 Å². The molecule has 2 N–H and O–H groups in total. The van der Waals surface area contributed by atoms with Gasteiger partial charge in [0, 0.05) is 6.04 Å². The fourth-order valence-electron chi connectivity index (χ4n) is 0.923. The molecule has 0 spiro atoms. The summed E-state index contributed by atoms with van der Waals surface area (Å²) in [6.07, 6.45) is 0.792. The minimum absolute atomic E-state index is 0.102. The first kappa shape index (κ1) is 12.4. The summed E-state index contributed by atoms with van der Waals surface area (Å²) < 4.78 is 5.20. The van der Waals surface area contributed by atoms with Crippen molar-refractivity contribution in [3.05, 3.63) is 0 Å². The lowest BCUT2D eigenvalue weighted by Gasteiger charge is -2.24. The highest BCUT2D eigenvalue weighted by molar-refractivity contribution is 5.73. The lowest BCUT2D eigenvalue weighted by Crippen LogP contribution is -2.37. The van der Waals surface area contributed by atoms with E-state index < -0.39 is 5.60 Å². The normalized spacial score (nSPS) is 16.5. The number of carbonyl (C=O) groups excluding carboxylic acids is 1. The Morgan fingerprint density at radius 2 is 1.92 bits per heavy atom. The molecule has 0 radical (unpaired) electrons. The molecule has 0 aromatic carbocycles. The summed E-state index contributed by atoms with van der Waals surface area (Å²) in [5.41, 5.74) is 5.32. The van der Waals surface area contributed by atoms with Gasteiger partial charge in [-0.3, -0.25) is 4.79 Å². The Balaban J connectivity index is 4.12. The predicted molar refractivity (Wildman–Crippen MR) is 53.3 cm³/mol. The van der Waals surface area contributed by atoms with Crippen molar-refractivity contribution in [1.82, 2.24) is 0 Å². The molecule has 0 rings (SSSR count). The Labute approximate surface area is 80.6 Å². The van der Waals surface area contributed by atoms with Crippen LogP contribution >= 0.6 is 0 Å². The standard InChI is InChI=1S/C10H21NO2/c1-6-8(11)7(2)9(12)13-10(3,4)5/h7-8H,6,11H2,1-5H3/t7-,8+/m0/s1. The van der Waals surface area contributed by atoms with Crippen molar-refractivity contribution >= 4 is 5.97 Å². The van der Waals surface area contributed by atoms with E-state index in [1.807, 2.05) is 34.6 Å². The average Bonchev–Trinajstić information content (AvgIpc) is 1.98. The molecule has 3 heteroatoms. The summed E-state index contributed by atoms with van der Waals surface area (Å²) in [6, 6.07) is -0.102.